The Balaban J connectivity index is 1.56. The highest BCUT2D eigenvalue weighted by atomic mass is 16.2. The van der Waals surface area contributed by atoms with Gasteiger partial charge in [-0.1, -0.05) is 24.3 Å². The van der Waals surface area contributed by atoms with E-state index in [1.165, 1.54) is 23.5 Å². The number of rotatable bonds is 3. The number of fused-ring (bicyclic) bond motifs is 1. The van der Waals surface area contributed by atoms with Crippen LogP contribution in [0.4, 0.5) is 11.4 Å². The van der Waals surface area contributed by atoms with Crippen LogP contribution in [0.25, 0.3) is 0 Å². The fourth-order valence-electron chi connectivity index (χ4n) is 3.60. The lowest BCUT2D eigenvalue weighted by molar-refractivity contribution is 0.0984. The maximum atomic E-state index is 13.1. The van der Waals surface area contributed by atoms with E-state index in [1.807, 2.05) is 50.2 Å². The number of nitrogens with zero attached hydrogens (tertiary/aromatic N) is 2. The molecule has 0 fully saturated rings. The Morgan fingerprint density at radius 2 is 1.76 bits per heavy atom. The van der Waals surface area contributed by atoms with Crippen molar-refractivity contribution in [3.63, 3.8) is 0 Å². The van der Waals surface area contributed by atoms with E-state index < -0.39 is 0 Å². The Morgan fingerprint density at radius 3 is 2.59 bits per heavy atom. The van der Waals surface area contributed by atoms with Gasteiger partial charge in [0.05, 0.1) is 11.1 Å². The number of carbonyl (C=O) groups is 2. The number of aryl methyl sites for hydroxylation is 3. The van der Waals surface area contributed by atoms with Gasteiger partial charge < -0.3 is 10.2 Å². The minimum atomic E-state index is -0.283. The van der Waals surface area contributed by atoms with Gasteiger partial charge in [-0.3, -0.25) is 14.6 Å². The van der Waals surface area contributed by atoms with Crippen molar-refractivity contribution in [2.75, 3.05) is 16.8 Å². The second kappa shape index (κ2) is 7.87. The molecule has 0 saturated heterocycles. The van der Waals surface area contributed by atoms with Crippen molar-refractivity contribution in [3.05, 3.63) is 88.7 Å². The van der Waals surface area contributed by atoms with Crippen LogP contribution in [0.1, 0.15) is 43.8 Å². The van der Waals surface area contributed by atoms with Crippen LogP contribution in [-0.2, 0) is 6.42 Å². The van der Waals surface area contributed by atoms with E-state index in [2.05, 4.69) is 16.4 Å². The molecule has 1 aliphatic heterocycles. The van der Waals surface area contributed by atoms with Gasteiger partial charge in [-0.2, -0.15) is 0 Å². The van der Waals surface area contributed by atoms with Gasteiger partial charge in [0.25, 0.3) is 11.8 Å². The first-order valence-electron chi connectivity index (χ1n) is 9.76. The van der Waals surface area contributed by atoms with Crippen LogP contribution in [0.3, 0.4) is 0 Å². The summed E-state index contributed by atoms with van der Waals surface area (Å²) in [6, 6.07) is 15.3. The summed E-state index contributed by atoms with van der Waals surface area (Å²) in [5.41, 5.74) is 5.87. The summed E-state index contributed by atoms with van der Waals surface area (Å²) in [6.45, 7) is 4.69. The van der Waals surface area contributed by atoms with Gasteiger partial charge >= 0.3 is 0 Å². The lowest BCUT2D eigenvalue weighted by atomic mass is 10.0. The minimum absolute atomic E-state index is 0.134. The average molecular weight is 385 g/mol. The van der Waals surface area contributed by atoms with Crippen molar-refractivity contribution in [1.82, 2.24) is 4.98 Å². The van der Waals surface area contributed by atoms with E-state index in [0.717, 1.165) is 29.8 Å². The first kappa shape index (κ1) is 18.9. The highest BCUT2D eigenvalue weighted by Gasteiger charge is 2.24. The van der Waals surface area contributed by atoms with Gasteiger partial charge in [-0.15, -0.1) is 0 Å². The van der Waals surface area contributed by atoms with E-state index in [1.54, 1.807) is 11.0 Å². The quantitative estimate of drug-likeness (QED) is 0.720. The molecule has 2 aromatic carbocycles. The minimum Gasteiger partial charge on any atom is -0.322 e. The second-order valence-corrected chi connectivity index (χ2v) is 7.40. The number of carbonyl (C=O) groups excluding carboxylic acids is 2. The fourth-order valence-corrected chi connectivity index (χ4v) is 3.60. The topological polar surface area (TPSA) is 62.3 Å². The van der Waals surface area contributed by atoms with Crippen LogP contribution in [0, 0.1) is 13.8 Å². The Hall–Kier alpha value is -3.47. The number of pyridine rings is 1. The maximum Gasteiger partial charge on any atom is 0.259 e. The number of hydrogen-bond donors (Lipinski definition) is 1. The number of aromatic nitrogens is 1. The van der Waals surface area contributed by atoms with Crippen molar-refractivity contribution in [2.45, 2.75) is 26.7 Å². The van der Waals surface area contributed by atoms with Crippen LogP contribution in [0.2, 0.25) is 0 Å². The monoisotopic (exact) mass is 385 g/mol. The van der Waals surface area contributed by atoms with Crippen LogP contribution >= 0.6 is 0 Å². The lowest BCUT2D eigenvalue weighted by Crippen LogP contribution is -2.35. The van der Waals surface area contributed by atoms with Gasteiger partial charge in [0.2, 0.25) is 0 Å². The van der Waals surface area contributed by atoms with Gasteiger partial charge in [0.1, 0.15) is 0 Å². The number of anilines is 2. The van der Waals surface area contributed by atoms with E-state index in [0.29, 0.717) is 17.7 Å². The molecule has 4 rings (SSSR count). The summed E-state index contributed by atoms with van der Waals surface area (Å²) in [7, 11) is 0. The highest BCUT2D eigenvalue weighted by Crippen LogP contribution is 2.28. The van der Waals surface area contributed by atoms with E-state index in [-0.39, 0.29) is 11.8 Å². The molecule has 0 radical (unpaired) electrons. The van der Waals surface area contributed by atoms with Crippen LogP contribution < -0.4 is 10.2 Å². The third-order valence-electron chi connectivity index (χ3n) is 5.37. The smallest absolute Gasteiger partial charge is 0.259 e. The van der Waals surface area contributed by atoms with Crippen molar-refractivity contribution in [2.24, 2.45) is 0 Å². The second-order valence-electron chi connectivity index (χ2n) is 7.40. The molecule has 3 aromatic rings. The number of hydrogen-bond acceptors (Lipinski definition) is 3. The lowest BCUT2D eigenvalue weighted by Gasteiger charge is -2.29. The molecule has 1 aliphatic rings. The molecule has 1 aromatic heterocycles. The van der Waals surface area contributed by atoms with Gasteiger partial charge in [-0.25, -0.2) is 0 Å². The van der Waals surface area contributed by atoms with Gasteiger partial charge in [0, 0.05) is 30.3 Å². The summed E-state index contributed by atoms with van der Waals surface area (Å²) >= 11 is 0. The fraction of sp³-hybridized carbons (Fsp3) is 0.208. The molecular formula is C24H23N3O2. The Bertz CT molecular complexity index is 1090. The predicted molar refractivity (Wildman–Crippen MR) is 115 cm³/mol. The normalized spacial score (nSPS) is 13.0. The molecule has 0 bridgehead atoms. The molecule has 0 atom stereocenters. The molecule has 0 aliphatic carbocycles. The number of benzene rings is 2. The zero-order chi connectivity index (χ0) is 20.4. The van der Waals surface area contributed by atoms with Crippen LogP contribution in [-0.4, -0.2) is 23.3 Å². The van der Waals surface area contributed by atoms with Gasteiger partial charge in [-0.05, 0) is 67.6 Å². The molecule has 29 heavy (non-hydrogen) atoms. The van der Waals surface area contributed by atoms with E-state index in [9.17, 15) is 9.59 Å². The number of para-hydroxylation sites is 1. The standard InChI is InChI=1S/C24H23N3O2/c1-16-9-10-21(12-17(16)2)26-23(28)19-13-20(15-25-14-19)24(29)27-11-5-7-18-6-3-4-8-22(18)27/h3-4,6,8-10,12-15H,5,7,11H2,1-2H3,(H,26,28). The number of amides is 2. The Labute approximate surface area is 170 Å². The molecular weight excluding hydrogens is 362 g/mol. The zero-order valence-corrected chi connectivity index (χ0v) is 16.6. The van der Waals surface area contributed by atoms with Crippen LogP contribution in [0.5, 0.6) is 0 Å². The summed E-state index contributed by atoms with van der Waals surface area (Å²) in [5.74, 6) is -0.417. The van der Waals surface area contributed by atoms with E-state index >= 15 is 0 Å². The molecule has 1 N–H and O–H groups in total. The number of nitrogens with one attached hydrogen (secondary N) is 1. The van der Waals surface area contributed by atoms with Crippen molar-refractivity contribution >= 4 is 23.2 Å². The SMILES string of the molecule is Cc1ccc(NC(=O)c2cncc(C(=O)N3CCCc4ccccc43)c2)cc1C. The summed E-state index contributed by atoms with van der Waals surface area (Å²) < 4.78 is 0. The molecule has 0 spiro atoms. The van der Waals surface area contributed by atoms with Crippen molar-refractivity contribution < 1.29 is 9.59 Å². The summed E-state index contributed by atoms with van der Waals surface area (Å²) in [4.78, 5) is 31.7. The molecule has 2 amide bonds. The van der Waals surface area contributed by atoms with Crippen molar-refractivity contribution in [3.8, 4) is 0 Å². The Morgan fingerprint density at radius 1 is 0.966 bits per heavy atom. The zero-order valence-electron chi connectivity index (χ0n) is 16.6. The molecule has 2 heterocycles. The largest absolute Gasteiger partial charge is 0.322 e. The van der Waals surface area contributed by atoms with E-state index in [4.69, 9.17) is 0 Å². The predicted octanol–water partition coefficient (Wildman–Crippen LogP) is 4.54. The first-order chi connectivity index (χ1) is 14.0. The summed E-state index contributed by atoms with van der Waals surface area (Å²) in [5, 5.41) is 2.88. The summed E-state index contributed by atoms with van der Waals surface area (Å²) in [6.07, 6.45) is 4.89. The molecule has 5 nitrogen and oxygen atoms in total. The maximum absolute atomic E-state index is 13.1. The average Bonchev–Trinajstić information content (AvgIpc) is 2.75. The first-order valence-corrected chi connectivity index (χ1v) is 9.76. The third-order valence-corrected chi connectivity index (χ3v) is 5.37. The molecule has 0 saturated carbocycles. The van der Waals surface area contributed by atoms with Crippen molar-refractivity contribution in [1.29, 1.82) is 0 Å². The molecule has 0 unspecified atom stereocenters. The third kappa shape index (κ3) is 3.90. The Kier molecular flexibility index (Phi) is 5.12. The molecule has 5 heteroatoms. The van der Waals surface area contributed by atoms with Gasteiger partial charge in [0.15, 0.2) is 0 Å². The van der Waals surface area contributed by atoms with Crippen LogP contribution in [0.15, 0.2) is 60.9 Å². The molecule has 146 valence electrons. The highest BCUT2D eigenvalue weighted by molar-refractivity contribution is 6.09.